The molecule has 0 saturated carbocycles. The van der Waals surface area contributed by atoms with Crippen molar-refractivity contribution in [2.75, 3.05) is 17.2 Å². The van der Waals surface area contributed by atoms with Gasteiger partial charge in [-0.15, -0.1) is 0 Å². The summed E-state index contributed by atoms with van der Waals surface area (Å²) in [5.74, 6) is -0.958. The molecule has 1 fully saturated rings. The largest absolute Gasteiger partial charge is 0.478 e. The molecule has 1 aromatic carbocycles. The van der Waals surface area contributed by atoms with Crippen LogP contribution in [0, 0.1) is 0 Å². The van der Waals surface area contributed by atoms with E-state index >= 15 is 0 Å². The number of benzene rings is 1. The van der Waals surface area contributed by atoms with Gasteiger partial charge in [0.15, 0.2) is 0 Å². The lowest BCUT2D eigenvalue weighted by molar-refractivity contribution is 0.0697. The molecule has 5 heteroatoms. The second-order valence-electron chi connectivity index (χ2n) is 4.74. The van der Waals surface area contributed by atoms with Gasteiger partial charge in [-0.2, -0.15) is 0 Å². The van der Waals surface area contributed by atoms with Crippen molar-refractivity contribution >= 4 is 33.3 Å². The zero-order chi connectivity index (χ0) is 13.3. The van der Waals surface area contributed by atoms with Crippen LogP contribution in [0.1, 0.15) is 36.5 Å². The van der Waals surface area contributed by atoms with Gasteiger partial charge in [-0.1, -0.05) is 0 Å². The fourth-order valence-corrected chi connectivity index (χ4v) is 3.18. The molecule has 0 aliphatic carbocycles. The first kappa shape index (κ1) is 13.2. The summed E-state index contributed by atoms with van der Waals surface area (Å²) in [6, 6.07) is 3.59. The standard InChI is InChI=1S/C13H17BrN2O2/c1-8-4-2-3-5-16(8)12-10(14)6-9(13(17)18)7-11(12)15/h6-8H,2-5,15H2,1H3,(H,17,18). The second kappa shape index (κ2) is 5.18. The topological polar surface area (TPSA) is 66.6 Å². The predicted octanol–water partition coefficient (Wildman–Crippen LogP) is 3.11. The number of nitrogen functional groups attached to an aromatic ring is 1. The van der Waals surface area contributed by atoms with Gasteiger partial charge in [-0.25, -0.2) is 4.79 Å². The number of nitrogens with two attached hydrogens (primary N) is 1. The third-order valence-electron chi connectivity index (χ3n) is 3.43. The van der Waals surface area contributed by atoms with Crippen LogP contribution in [0.25, 0.3) is 0 Å². The van der Waals surface area contributed by atoms with E-state index in [9.17, 15) is 4.79 Å². The van der Waals surface area contributed by atoms with Crippen LogP contribution >= 0.6 is 15.9 Å². The average molecular weight is 313 g/mol. The summed E-state index contributed by atoms with van der Waals surface area (Å²) in [4.78, 5) is 13.2. The van der Waals surface area contributed by atoms with Crippen LogP contribution in [-0.2, 0) is 0 Å². The summed E-state index contributed by atoms with van der Waals surface area (Å²) in [5.41, 5.74) is 7.68. The van der Waals surface area contributed by atoms with E-state index in [-0.39, 0.29) is 5.56 Å². The first-order chi connectivity index (χ1) is 8.50. The molecule has 1 aliphatic rings. The van der Waals surface area contributed by atoms with E-state index in [2.05, 4.69) is 27.8 Å². The molecule has 0 bridgehead atoms. The number of carboxylic acids is 1. The number of aromatic carboxylic acids is 1. The van der Waals surface area contributed by atoms with E-state index in [0.717, 1.165) is 29.5 Å². The molecule has 0 radical (unpaired) electrons. The fraction of sp³-hybridized carbons (Fsp3) is 0.462. The monoisotopic (exact) mass is 312 g/mol. The van der Waals surface area contributed by atoms with Crippen LogP contribution in [0.5, 0.6) is 0 Å². The number of halogens is 1. The van der Waals surface area contributed by atoms with Crippen molar-refractivity contribution < 1.29 is 9.90 Å². The maximum Gasteiger partial charge on any atom is 0.335 e. The second-order valence-corrected chi connectivity index (χ2v) is 5.59. The minimum atomic E-state index is -0.958. The third kappa shape index (κ3) is 2.46. The van der Waals surface area contributed by atoms with Crippen molar-refractivity contribution in [3.8, 4) is 0 Å². The molecule has 18 heavy (non-hydrogen) atoms. The molecule has 3 N–H and O–H groups in total. The minimum Gasteiger partial charge on any atom is -0.478 e. The van der Waals surface area contributed by atoms with Gasteiger partial charge in [-0.3, -0.25) is 0 Å². The Morgan fingerprint density at radius 1 is 1.50 bits per heavy atom. The molecule has 1 saturated heterocycles. The Morgan fingerprint density at radius 3 is 2.78 bits per heavy atom. The maximum absolute atomic E-state index is 11.0. The average Bonchev–Trinajstić information content (AvgIpc) is 2.30. The normalized spacial score (nSPS) is 19.9. The molecular weight excluding hydrogens is 296 g/mol. The van der Waals surface area contributed by atoms with E-state index in [4.69, 9.17) is 10.8 Å². The predicted molar refractivity (Wildman–Crippen MR) is 76.2 cm³/mol. The van der Waals surface area contributed by atoms with Crippen LogP contribution in [0.3, 0.4) is 0 Å². The van der Waals surface area contributed by atoms with Crippen molar-refractivity contribution in [1.82, 2.24) is 0 Å². The summed E-state index contributed by atoms with van der Waals surface area (Å²) in [6.45, 7) is 3.15. The van der Waals surface area contributed by atoms with Crippen molar-refractivity contribution in [1.29, 1.82) is 0 Å². The zero-order valence-electron chi connectivity index (χ0n) is 10.3. The number of carbonyl (C=O) groups is 1. The summed E-state index contributed by atoms with van der Waals surface area (Å²) >= 11 is 3.44. The molecule has 1 heterocycles. The van der Waals surface area contributed by atoms with E-state index < -0.39 is 5.97 Å². The summed E-state index contributed by atoms with van der Waals surface area (Å²) in [5, 5.41) is 9.00. The lowest BCUT2D eigenvalue weighted by Gasteiger charge is -2.36. The first-order valence-corrected chi connectivity index (χ1v) is 6.89. The SMILES string of the molecule is CC1CCCCN1c1c(N)cc(C(=O)O)cc1Br. The van der Waals surface area contributed by atoms with Crippen molar-refractivity contribution in [2.45, 2.75) is 32.2 Å². The highest BCUT2D eigenvalue weighted by Gasteiger charge is 2.23. The van der Waals surface area contributed by atoms with E-state index in [1.807, 2.05) is 0 Å². The van der Waals surface area contributed by atoms with Crippen LogP contribution in [0.2, 0.25) is 0 Å². The van der Waals surface area contributed by atoms with Crippen molar-refractivity contribution in [3.63, 3.8) is 0 Å². The van der Waals surface area contributed by atoms with Gasteiger partial charge in [0.2, 0.25) is 0 Å². The lowest BCUT2D eigenvalue weighted by atomic mass is 10.0. The molecule has 0 amide bonds. The van der Waals surface area contributed by atoms with E-state index in [1.54, 1.807) is 6.07 Å². The van der Waals surface area contributed by atoms with Gasteiger partial charge in [0, 0.05) is 17.1 Å². The molecule has 1 aromatic rings. The smallest absolute Gasteiger partial charge is 0.335 e. The Hall–Kier alpha value is -1.23. The molecule has 1 aliphatic heterocycles. The zero-order valence-corrected chi connectivity index (χ0v) is 11.9. The number of piperidine rings is 1. The number of hydrogen-bond acceptors (Lipinski definition) is 3. The van der Waals surface area contributed by atoms with Gasteiger partial charge < -0.3 is 15.7 Å². The summed E-state index contributed by atoms with van der Waals surface area (Å²) in [7, 11) is 0. The number of nitrogens with zero attached hydrogens (tertiary/aromatic N) is 1. The highest BCUT2D eigenvalue weighted by Crippen LogP contribution is 2.37. The molecule has 4 nitrogen and oxygen atoms in total. The molecule has 1 atom stereocenters. The quantitative estimate of drug-likeness (QED) is 0.823. The molecule has 2 rings (SSSR count). The lowest BCUT2D eigenvalue weighted by Crippen LogP contribution is -2.38. The molecule has 0 spiro atoms. The Kier molecular flexibility index (Phi) is 3.80. The molecule has 0 aromatic heterocycles. The van der Waals surface area contributed by atoms with Crippen LogP contribution in [-0.4, -0.2) is 23.7 Å². The van der Waals surface area contributed by atoms with Crippen LogP contribution < -0.4 is 10.6 Å². The highest BCUT2D eigenvalue weighted by molar-refractivity contribution is 9.10. The summed E-state index contributed by atoms with van der Waals surface area (Å²) in [6.07, 6.45) is 3.53. The van der Waals surface area contributed by atoms with Gasteiger partial charge >= 0.3 is 5.97 Å². The Balaban J connectivity index is 2.41. The number of hydrogen-bond donors (Lipinski definition) is 2. The molecule has 1 unspecified atom stereocenters. The van der Waals surface area contributed by atoms with Gasteiger partial charge in [-0.05, 0) is 54.2 Å². The third-order valence-corrected chi connectivity index (χ3v) is 4.03. The van der Waals surface area contributed by atoms with Gasteiger partial charge in [0.25, 0.3) is 0 Å². The van der Waals surface area contributed by atoms with Crippen LogP contribution in [0.15, 0.2) is 16.6 Å². The first-order valence-electron chi connectivity index (χ1n) is 6.09. The minimum absolute atomic E-state index is 0.216. The molecular formula is C13H17BrN2O2. The number of rotatable bonds is 2. The van der Waals surface area contributed by atoms with Gasteiger partial charge in [0.1, 0.15) is 0 Å². The van der Waals surface area contributed by atoms with Gasteiger partial charge in [0.05, 0.1) is 16.9 Å². The summed E-state index contributed by atoms with van der Waals surface area (Å²) < 4.78 is 0.758. The number of anilines is 2. The van der Waals surface area contributed by atoms with E-state index in [1.165, 1.54) is 12.5 Å². The van der Waals surface area contributed by atoms with Crippen molar-refractivity contribution in [2.24, 2.45) is 0 Å². The van der Waals surface area contributed by atoms with E-state index in [0.29, 0.717) is 11.7 Å². The number of carboxylic acid groups (broad SMARTS) is 1. The van der Waals surface area contributed by atoms with Crippen LogP contribution in [0.4, 0.5) is 11.4 Å². The Morgan fingerprint density at radius 2 is 2.22 bits per heavy atom. The maximum atomic E-state index is 11.0. The molecule has 98 valence electrons. The Labute approximate surface area is 115 Å². The fourth-order valence-electron chi connectivity index (χ4n) is 2.48. The Bertz CT molecular complexity index is 453. The van der Waals surface area contributed by atoms with Crippen molar-refractivity contribution in [3.05, 3.63) is 22.2 Å². The highest BCUT2D eigenvalue weighted by atomic mass is 79.9.